The summed E-state index contributed by atoms with van der Waals surface area (Å²) in [6.45, 7) is 0. The van der Waals surface area contributed by atoms with Crippen molar-refractivity contribution in [2.24, 2.45) is 14.1 Å². The largest absolute Gasteiger partial charge is 0.673 e. The van der Waals surface area contributed by atoms with Gasteiger partial charge in [0, 0.05) is 38.9 Å². The third-order valence-corrected chi connectivity index (χ3v) is 2.03. The first-order valence-electron chi connectivity index (χ1n) is 7.36. The second-order valence-corrected chi connectivity index (χ2v) is 4.83. The molecule has 0 spiro atoms. The molecule has 16 heteroatoms. The van der Waals surface area contributed by atoms with Crippen LogP contribution in [0.5, 0.6) is 0 Å². The van der Waals surface area contributed by atoms with Crippen molar-refractivity contribution in [3.8, 4) is 0 Å². The van der Waals surface area contributed by atoms with E-state index in [9.17, 15) is 34.5 Å². The van der Waals surface area contributed by atoms with Gasteiger partial charge in [-0.05, 0) is 0 Å². The maximum Gasteiger partial charge on any atom is 0.673 e. The monoisotopic (exact) mass is 422 g/mol. The molecule has 1 aliphatic rings. The number of quaternary nitrogens is 1. The van der Waals surface area contributed by atoms with Crippen LogP contribution in [-0.4, -0.2) is 47.0 Å². The number of hydrogen-bond donors (Lipinski definition) is 2. The van der Waals surface area contributed by atoms with Gasteiger partial charge in [0.1, 0.15) is 0 Å². The third kappa shape index (κ3) is 34.6. The fourth-order valence-corrected chi connectivity index (χ4v) is 1.06. The Morgan fingerprint density at radius 2 is 1.14 bits per heavy atom. The Kier molecular flexibility index (Phi) is 14.2. The average molecular weight is 422 g/mol. The van der Waals surface area contributed by atoms with Crippen LogP contribution in [0.4, 0.5) is 34.5 Å². The van der Waals surface area contributed by atoms with Gasteiger partial charge < -0.3 is 43.7 Å². The Bertz CT molecular complexity index is 572. The van der Waals surface area contributed by atoms with Crippen LogP contribution in [0.3, 0.4) is 0 Å². The first-order chi connectivity index (χ1) is 12.7. The smallest absolute Gasteiger partial charge is 0.418 e. The van der Waals surface area contributed by atoms with Gasteiger partial charge in [0.15, 0.2) is 6.20 Å². The molecule has 0 aliphatic carbocycles. The van der Waals surface area contributed by atoms with Crippen molar-refractivity contribution in [2.45, 2.75) is 0 Å². The maximum absolute atomic E-state index is 9.75. The zero-order valence-electron chi connectivity index (χ0n) is 15.2. The number of imidazole rings is 2. The molecule has 1 aliphatic heterocycles. The maximum atomic E-state index is 9.75. The minimum Gasteiger partial charge on any atom is -0.418 e. The van der Waals surface area contributed by atoms with Gasteiger partial charge in [0.2, 0.25) is 6.20 Å². The van der Waals surface area contributed by atoms with Crippen LogP contribution in [0.15, 0.2) is 49.8 Å². The first kappa shape index (κ1) is 27.6. The van der Waals surface area contributed by atoms with Crippen molar-refractivity contribution in [1.29, 1.82) is 0 Å². The van der Waals surface area contributed by atoms with E-state index in [-0.39, 0.29) is 0 Å². The van der Waals surface area contributed by atoms with Gasteiger partial charge in [0.05, 0.1) is 19.7 Å². The van der Waals surface area contributed by atoms with Crippen LogP contribution >= 0.6 is 0 Å². The summed E-state index contributed by atoms with van der Waals surface area (Å²) in [4.78, 5) is 11.8. The highest BCUT2D eigenvalue weighted by Gasteiger charge is 2.21. The highest BCUT2D eigenvalue weighted by atomic mass is 19.5. The molecule has 2 N–H and O–H groups in total. The molecule has 0 bridgehead atoms. The summed E-state index contributed by atoms with van der Waals surface area (Å²) < 4.78 is 81.8. The van der Waals surface area contributed by atoms with Crippen molar-refractivity contribution in [1.82, 2.24) is 19.1 Å². The van der Waals surface area contributed by atoms with Crippen LogP contribution in [0.25, 0.3) is 0 Å². The van der Waals surface area contributed by atoms with Crippen molar-refractivity contribution in [2.75, 3.05) is 7.05 Å². The molecular formula is C12H20B2F8N6. The zero-order valence-corrected chi connectivity index (χ0v) is 15.2. The van der Waals surface area contributed by atoms with Gasteiger partial charge in [-0.3, -0.25) is 0 Å². The van der Waals surface area contributed by atoms with Gasteiger partial charge in [0.25, 0.3) is 0 Å². The molecule has 3 rings (SSSR count). The normalized spacial score (nSPS) is 14.3. The van der Waals surface area contributed by atoms with Crippen LogP contribution in [-0.2, 0) is 14.1 Å². The van der Waals surface area contributed by atoms with E-state index in [1.54, 1.807) is 25.0 Å². The van der Waals surface area contributed by atoms with Gasteiger partial charge in [-0.25, -0.2) is 14.9 Å². The van der Waals surface area contributed by atoms with E-state index in [0.717, 1.165) is 0 Å². The molecule has 0 fully saturated rings. The highest BCUT2D eigenvalue weighted by Crippen LogP contribution is 2.07. The summed E-state index contributed by atoms with van der Waals surface area (Å²) in [5.41, 5.74) is 0. The molecule has 0 amide bonds. The Balaban J connectivity index is 0. The molecule has 160 valence electrons. The minimum atomic E-state index is -6.00. The number of aryl methyl sites for hydroxylation is 2. The van der Waals surface area contributed by atoms with Crippen LogP contribution in [0.1, 0.15) is 0 Å². The Labute approximate surface area is 156 Å². The van der Waals surface area contributed by atoms with Gasteiger partial charge in [-0.1, -0.05) is 0 Å². The number of halogens is 8. The lowest BCUT2D eigenvalue weighted by Gasteiger charge is -1.94. The summed E-state index contributed by atoms with van der Waals surface area (Å²) in [6, 6.07) is 0. The average Bonchev–Trinajstić information content (AvgIpc) is 3.22. The van der Waals surface area contributed by atoms with E-state index in [0.29, 0.717) is 0 Å². The predicted octanol–water partition coefficient (Wildman–Crippen LogP) is 0.535. The standard InChI is InChI=1S/3C4H6N2.2BF4/c3*1-6-3-2-5-4-6;2*2-1(3,4)5/h3*2-4H,1H3;;/q;;;2*-1/p+2. The zero-order chi connectivity index (χ0) is 22.2. The fraction of sp³-hybridized carbons (Fsp3) is 0.250. The fourth-order valence-electron chi connectivity index (χ4n) is 1.06. The van der Waals surface area contributed by atoms with E-state index in [1.807, 2.05) is 54.4 Å². The summed E-state index contributed by atoms with van der Waals surface area (Å²) in [5.74, 6) is 0. The van der Waals surface area contributed by atoms with Gasteiger partial charge in [-0.15, -0.1) is 0 Å². The molecule has 2 aromatic rings. The second kappa shape index (κ2) is 14.4. The van der Waals surface area contributed by atoms with Crippen molar-refractivity contribution >= 4 is 20.8 Å². The Morgan fingerprint density at radius 1 is 0.786 bits per heavy atom. The van der Waals surface area contributed by atoms with Crippen molar-refractivity contribution < 1.29 is 44.4 Å². The Morgan fingerprint density at radius 3 is 1.21 bits per heavy atom. The lowest BCUT2D eigenvalue weighted by Crippen LogP contribution is -3.05. The van der Waals surface area contributed by atoms with Crippen LogP contribution in [0.2, 0.25) is 0 Å². The molecule has 1 atom stereocenters. The Hall–Kier alpha value is -2.64. The molecule has 0 radical (unpaired) electrons. The molecule has 0 saturated carbocycles. The van der Waals surface area contributed by atoms with Crippen LogP contribution in [0, 0.1) is 0 Å². The minimum absolute atomic E-state index is 1.29. The number of rotatable bonds is 0. The highest BCUT2D eigenvalue weighted by molar-refractivity contribution is 6.50. The van der Waals surface area contributed by atoms with E-state index >= 15 is 0 Å². The van der Waals surface area contributed by atoms with Gasteiger partial charge in [-0.2, -0.15) is 4.99 Å². The van der Waals surface area contributed by atoms with E-state index in [4.69, 9.17) is 0 Å². The molecule has 2 aromatic heterocycles. The topological polar surface area (TPSA) is 54.1 Å². The molecule has 28 heavy (non-hydrogen) atoms. The molecule has 0 saturated heterocycles. The number of nitrogens with one attached hydrogen (secondary N) is 2. The third-order valence-electron chi connectivity index (χ3n) is 2.03. The number of aromatic nitrogens is 4. The SMILES string of the molecule is C[NH+]1C=C[NH+]=C1.Cn1ccnc1.Cn1ccnc1.F[B-](F)(F)F.F[B-](F)(F)F. The second-order valence-electron chi connectivity index (χ2n) is 4.83. The van der Waals surface area contributed by atoms with Gasteiger partial charge >= 0.3 is 20.8 Å². The quantitative estimate of drug-likeness (QED) is 0.482. The van der Waals surface area contributed by atoms with E-state index in [1.165, 1.54) is 4.90 Å². The number of hydrogen-bond acceptors (Lipinski definition) is 2. The molecule has 6 nitrogen and oxygen atoms in total. The first-order valence-corrected chi connectivity index (χ1v) is 7.36. The lowest BCUT2D eigenvalue weighted by atomic mass is 10.3. The van der Waals surface area contributed by atoms with Crippen molar-refractivity contribution in [3.63, 3.8) is 0 Å². The molecule has 0 aromatic carbocycles. The lowest BCUT2D eigenvalue weighted by molar-refractivity contribution is -0.722. The van der Waals surface area contributed by atoms with E-state index in [2.05, 4.69) is 22.0 Å². The summed E-state index contributed by atoms with van der Waals surface area (Å²) >= 11 is 0. The summed E-state index contributed by atoms with van der Waals surface area (Å²) in [6.07, 6.45) is 16.7. The molecular weight excluding hydrogens is 402 g/mol. The van der Waals surface area contributed by atoms with Crippen molar-refractivity contribution in [3.05, 3.63) is 49.8 Å². The van der Waals surface area contributed by atoms with E-state index < -0.39 is 14.5 Å². The number of nitrogens with zero attached hydrogens (tertiary/aromatic N) is 4. The molecule has 3 heterocycles. The molecule has 1 unspecified atom stereocenters. The van der Waals surface area contributed by atoms with Crippen LogP contribution < -0.4 is 9.89 Å². The summed E-state index contributed by atoms with van der Waals surface area (Å²) in [7, 11) is -6.07. The summed E-state index contributed by atoms with van der Waals surface area (Å²) in [5, 5.41) is 0. The predicted molar refractivity (Wildman–Crippen MR) is 89.8 cm³/mol.